The monoisotopic (exact) mass is 421 g/mol. The Kier molecular flexibility index (Phi) is 6.33. The number of allylic oxidation sites excluding steroid dienone is 1. The summed E-state index contributed by atoms with van der Waals surface area (Å²) in [4.78, 5) is 19.2. The Hall–Kier alpha value is -3.85. The SMILES string of the molecule is C/C(O)=C(/C=N/C(=S)N=Nc1c(O)[nH]c2ccccc12)C(=O)Nc1ccccc1C. The molecule has 1 aromatic heterocycles. The van der Waals surface area contributed by atoms with Crippen molar-refractivity contribution in [2.75, 3.05) is 5.32 Å². The van der Waals surface area contributed by atoms with Gasteiger partial charge in [-0.15, -0.1) is 10.2 Å². The van der Waals surface area contributed by atoms with E-state index in [9.17, 15) is 15.0 Å². The van der Waals surface area contributed by atoms with E-state index < -0.39 is 5.91 Å². The van der Waals surface area contributed by atoms with Crippen LogP contribution in [0.25, 0.3) is 10.9 Å². The number of para-hydroxylation sites is 2. The minimum Gasteiger partial charge on any atom is -0.512 e. The minimum atomic E-state index is -0.540. The highest BCUT2D eigenvalue weighted by Gasteiger charge is 2.13. The summed E-state index contributed by atoms with van der Waals surface area (Å²) >= 11 is 5.05. The number of aromatic amines is 1. The number of anilines is 1. The molecule has 0 saturated carbocycles. The molecule has 0 spiro atoms. The Labute approximate surface area is 177 Å². The minimum absolute atomic E-state index is 0.0641. The number of hydrogen-bond acceptors (Lipinski definition) is 5. The lowest BCUT2D eigenvalue weighted by Gasteiger charge is -2.08. The number of aliphatic hydroxyl groups is 1. The second-order valence-corrected chi connectivity index (χ2v) is 6.74. The molecule has 0 fully saturated rings. The van der Waals surface area contributed by atoms with Crippen molar-refractivity contribution in [3.8, 4) is 5.88 Å². The fourth-order valence-electron chi connectivity index (χ4n) is 2.67. The van der Waals surface area contributed by atoms with Crippen LogP contribution in [0.4, 0.5) is 11.4 Å². The Balaban J connectivity index is 1.75. The molecule has 152 valence electrons. The van der Waals surface area contributed by atoms with E-state index in [1.807, 2.05) is 25.1 Å². The first-order valence-corrected chi connectivity index (χ1v) is 9.34. The number of carbonyl (C=O) groups excluding carboxylic acids is 1. The summed E-state index contributed by atoms with van der Waals surface area (Å²) in [6, 6.07) is 14.4. The van der Waals surface area contributed by atoms with Crippen LogP contribution in [0.2, 0.25) is 0 Å². The molecular weight excluding hydrogens is 402 g/mol. The van der Waals surface area contributed by atoms with Crippen molar-refractivity contribution in [3.05, 3.63) is 65.4 Å². The van der Waals surface area contributed by atoms with Crippen LogP contribution in [-0.4, -0.2) is 32.4 Å². The van der Waals surface area contributed by atoms with Gasteiger partial charge in [0.05, 0.1) is 11.1 Å². The molecule has 0 aliphatic carbocycles. The maximum Gasteiger partial charge on any atom is 0.260 e. The molecular formula is C21H19N5O3S. The number of aromatic hydroxyl groups is 1. The Bertz CT molecular complexity index is 1210. The van der Waals surface area contributed by atoms with Gasteiger partial charge in [0.15, 0.2) is 5.69 Å². The van der Waals surface area contributed by atoms with Gasteiger partial charge in [0.2, 0.25) is 11.0 Å². The predicted octanol–water partition coefficient (Wildman–Crippen LogP) is 5.09. The molecule has 1 amide bonds. The van der Waals surface area contributed by atoms with E-state index in [0.29, 0.717) is 16.6 Å². The number of hydrogen-bond donors (Lipinski definition) is 4. The largest absolute Gasteiger partial charge is 0.512 e. The van der Waals surface area contributed by atoms with E-state index in [1.165, 1.54) is 6.92 Å². The van der Waals surface area contributed by atoms with Crippen LogP contribution >= 0.6 is 12.2 Å². The summed E-state index contributed by atoms with van der Waals surface area (Å²) in [5.41, 5.74) is 2.36. The third kappa shape index (κ3) is 4.76. The summed E-state index contributed by atoms with van der Waals surface area (Å²) in [5.74, 6) is -0.906. The third-order valence-electron chi connectivity index (χ3n) is 4.23. The molecule has 3 rings (SSSR count). The van der Waals surface area contributed by atoms with Gasteiger partial charge in [-0.1, -0.05) is 36.4 Å². The van der Waals surface area contributed by atoms with Crippen LogP contribution in [0.15, 0.2) is 75.1 Å². The number of fused-ring (bicyclic) bond motifs is 1. The number of aliphatic imine (C=N–C) groups is 1. The molecule has 0 saturated heterocycles. The highest BCUT2D eigenvalue weighted by Crippen LogP contribution is 2.35. The average Bonchev–Trinajstić information content (AvgIpc) is 3.03. The lowest BCUT2D eigenvalue weighted by atomic mass is 10.2. The molecule has 1 heterocycles. The van der Waals surface area contributed by atoms with Crippen LogP contribution in [0.3, 0.4) is 0 Å². The van der Waals surface area contributed by atoms with Gasteiger partial charge in [-0.2, -0.15) is 0 Å². The maximum atomic E-state index is 12.5. The standard InChI is InChI=1S/C21H19N5O3S/c1-12-7-3-5-9-16(12)23-19(28)15(13(2)27)11-22-21(30)26-25-18-14-8-4-6-10-17(14)24-20(18)29/h3-11,24,27,29H,1-2H3,(H,23,28)/b15-13+,22-11+,26-25?. The molecule has 0 aliphatic heterocycles. The molecule has 8 nitrogen and oxygen atoms in total. The molecule has 4 N–H and O–H groups in total. The van der Waals surface area contributed by atoms with Gasteiger partial charge in [-0.05, 0) is 43.8 Å². The first-order valence-electron chi connectivity index (χ1n) is 8.93. The number of rotatable bonds is 4. The highest BCUT2D eigenvalue weighted by atomic mass is 32.1. The fourth-order valence-corrected chi connectivity index (χ4v) is 2.77. The Morgan fingerprint density at radius 1 is 1.17 bits per heavy atom. The highest BCUT2D eigenvalue weighted by molar-refractivity contribution is 7.80. The summed E-state index contributed by atoms with van der Waals surface area (Å²) in [7, 11) is 0. The number of aliphatic hydroxyl groups excluding tert-OH is 1. The van der Waals surface area contributed by atoms with Crippen LogP contribution in [0, 0.1) is 6.92 Å². The lowest BCUT2D eigenvalue weighted by Crippen LogP contribution is -2.17. The predicted molar refractivity (Wildman–Crippen MR) is 121 cm³/mol. The van der Waals surface area contributed by atoms with E-state index in [4.69, 9.17) is 12.2 Å². The summed E-state index contributed by atoms with van der Waals surface area (Å²) < 4.78 is 0. The number of aryl methyl sites for hydroxylation is 1. The van der Waals surface area contributed by atoms with Gasteiger partial charge < -0.3 is 20.5 Å². The van der Waals surface area contributed by atoms with Gasteiger partial charge in [0.25, 0.3) is 5.91 Å². The van der Waals surface area contributed by atoms with Crippen molar-refractivity contribution in [1.82, 2.24) is 4.98 Å². The van der Waals surface area contributed by atoms with E-state index in [-0.39, 0.29) is 28.0 Å². The van der Waals surface area contributed by atoms with Gasteiger partial charge in [-0.25, -0.2) is 4.99 Å². The number of nitrogens with zero attached hydrogens (tertiary/aromatic N) is 3. The lowest BCUT2D eigenvalue weighted by molar-refractivity contribution is -0.112. The number of H-pyrrole nitrogens is 1. The number of benzene rings is 2. The van der Waals surface area contributed by atoms with Crippen molar-refractivity contribution in [1.29, 1.82) is 0 Å². The van der Waals surface area contributed by atoms with Crippen LogP contribution in [0.5, 0.6) is 5.88 Å². The van der Waals surface area contributed by atoms with E-state index >= 15 is 0 Å². The normalized spacial score (nSPS) is 12.5. The van der Waals surface area contributed by atoms with Crippen molar-refractivity contribution in [3.63, 3.8) is 0 Å². The first-order chi connectivity index (χ1) is 14.4. The number of thiocarbonyl (C=S) groups is 1. The van der Waals surface area contributed by atoms with E-state index in [1.54, 1.807) is 30.3 Å². The van der Waals surface area contributed by atoms with E-state index in [2.05, 4.69) is 25.5 Å². The maximum absolute atomic E-state index is 12.5. The molecule has 0 atom stereocenters. The second kappa shape index (κ2) is 9.10. The van der Waals surface area contributed by atoms with Crippen LogP contribution in [-0.2, 0) is 4.79 Å². The molecule has 0 radical (unpaired) electrons. The number of amides is 1. The number of nitrogens with one attached hydrogen (secondary N) is 2. The molecule has 0 unspecified atom stereocenters. The zero-order chi connectivity index (χ0) is 21.7. The van der Waals surface area contributed by atoms with Crippen molar-refractivity contribution < 1.29 is 15.0 Å². The summed E-state index contributed by atoms with van der Waals surface area (Å²) in [6.07, 6.45) is 1.12. The van der Waals surface area contributed by atoms with Gasteiger partial charge in [0.1, 0.15) is 5.76 Å². The zero-order valence-electron chi connectivity index (χ0n) is 16.2. The number of azo groups is 1. The van der Waals surface area contributed by atoms with Crippen LogP contribution < -0.4 is 5.32 Å². The summed E-state index contributed by atoms with van der Waals surface area (Å²) in [5, 5.41) is 30.8. The molecule has 30 heavy (non-hydrogen) atoms. The molecule has 0 bridgehead atoms. The quantitative estimate of drug-likeness (QED) is 0.154. The topological polar surface area (TPSA) is 122 Å². The summed E-state index contributed by atoms with van der Waals surface area (Å²) in [6.45, 7) is 3.22. The van der Waals surface area contributed by atoms with Gasteiger partial charge in [-0.3, -0.25) is 4.79 Å². The Morgan fingerprint density at radius 3 is 2.60 bits per heavy atom. The number of aromatic nitrogens is 1. The molecule has 9 heteroatoms. The first kappa shape index (κ1) is 20.9. The van der Waals surface area contributed by atoms with Crippen molar-refractivity contribution >= 4 is 51.7 Å². The molecule has 3 aromatic rings. The van der Waals surface area contributed by atoms with Crippen LogP contribution in [0.1, 0.15) is 12.5 Å². The van der Waals surface area contributed by atoms with E-state index in [0.717, 1.165) is 11.8 Å². The van der Waals surface area contributed by atoms with Crippen molar-refractivity contribution in [2.24, 2.45) is 15.2 Å². The zero-order valence-corrected chi connectivity index (χ0v) is 17.1. The Morgan fingerprint density at radius 2 is 1.87 bits per heavy atom. The fraction of sp³-hybridized carbons (Fsp3) is 0.0952. The van der Waals surface area contributed by atoms with Gasteiger partial charge in [0, 0.05) is 17.3 Å². The van der Waals surface area contributed by atoms with Crippen molar-refractivity contribution in [2.45, 2.75) is 13.8 Å². The second-order valence-electron chi connectivity index (χ2n) is 6.38. The number of carbonyl (C=O) groups is 1. The molecule has 0 aliphatic rings. The average molecular weight is 421 g/mol. The third-order valence-corrected chi connectivity index (χ3v) is 4.41. The molecule has 2 aromatic carbocycles. The van der Waals surface area contributed by atoms with Gasteiger partial charge >= 0.3 is 0 Å². The smallest absolute Gasteiger partial charge is 0.260 e.